The zero-order chi connectivity index (χ0) is 13.3. The Labute approximate surface area is 130 Å². The van der Waals surface area contributed by atoms with Crippen molar-refractivity contribution in [2.75, 3.05) is 0 Å². The van der Waals surface area contributed by atoms with Crippen molar-refractivity contribution in [2.24, 2.45) is 0 Å². The van der Waals surface area contributed by atoms with Gasteiger partial charge in [0.25, 0.3) is 0 Å². The van der Waals surface area contributed by atoms with Crippen molar-refractivity contribution < 1.29 is 0 Å². The Morgan fingerprint density at radius 3 is 0.688 bits per heavy atom. The third kappa shape index (κ3) is 2.90. The highest BCUT2D eigenvalue weighted by atomic mass is 127. The number of hydrogen-bond donors (Lipinski definition) is 0. The average molecular weight is 482 g/mol. The van der Waals surface area contributed by atoms with Gasteiger partial charge in [-0.05, 0) is 22.2 Å². The van der Waals surface area contributed by atoms with Gasteiger partial charge in [0, 0.05) is 0 Å². The molecule has 0 rings (SSSR count). The number of hydrogen-bond acceptors (Lipinski definition) is 0. The summed E-state index contributed by atoms with van der Waals surface area (Å²) in [6, 6.07) is 0. The Morgan fingerprint density at radius 2 is 0.625 bits per heavy atom. The van der Waals surface area contributed by atoms with Crippen molar-refractivity contribution in [1.82, 2.24) is 0 Å². The second-order valence-corrected chi connectivity index (χ2v) is 35.6. The van der Waals surface area contributed by atoms with Gasteiger partial charge < -0.3 is 0 Å². The van der Waals surface area contributed by atoms with E-state index < -0.39 is 10.2 Å². The first-order valence-electron chi connectivity index (χ1n) is 6.40. The van der Waals surface area contributed by atoms with Gasteiger partial charge in [-0.2, -0.15) is 0 Å². The smallest absolute Gasteiger partial charge is 0.121 e. The molecular formula is C12H28I2Si2. The van der Waals surface area contributed by atoms with E-state index in [2.05, 4.69) is 99.0 Å². The van der Waals surface area contributed by atoms with Crippen LogP contribution in [-0.2, 0) is 0 Å². The van der Waals surface area contributed by atoms with E-state index in [1.54, 1.807) is 0 Å². The van der Waals surface area contributed by atoms with E-state index in [-0.39, 0.29) is 0 Å². The minimum absolute atomic E-state index is 0.904. The Kier molecular flexibility index (Phi) is 7.12. The normalized spacial score (nSPS) is 14.6. The van der Waals surface area contributed by atoms with Crippen LogP contribution in [-0.4, -0.2) is 10.2 Å². The maximum atomic E-state index is 2.96. The van der Waals surface area contributed by atoms with Crippen LogP contribution >= 0.6 is 43.6 Å². The van der Waals surface area contributed by atoms with E-state index in [0.717, 1.165) is 22.2 Å². The van der Waals surface area contributed by atoms with Crippen molar-refractivity contribution in [3.05, 3.63) is 0 Å². The molecule has 0 fully saturated rings. The molecule has 4 heteroatoms. The van der Waals surface area contributed by atoms with Crippen LogP contribution < -0.4 is 0 Å². The van der Waals surface area contributed by atoms with Crippen LogP contribution in [0.25, 0.3) is 0 Å². The lowest BCUT2D eigenvalue weighted by Crippen LogP contribution is -2.61. The summed E-state index contributed by atoms with van der Waals surface area (Å²) >= 11 is 5.91. The zero-order valence-corrected chi connectivity index (χ0v) is 18.4. The van der Waals surface area contributed by atoms with Gasteiger partial charge in [-0.3, -0.25) is 0 Å². The van der Waals surface area contributed by atoms with Gasteiger partial charge in [0.1, 0.15) is 10.2 Å². The van der Waals surface area contributed by atoms with Crippen molar-refractivity contribution in [3.8, 4) is 0 Å². The summed E-state index contributed by atoms with van der Waals surface area (Å²) in [7, 11) is 0. The SMILES string of the molecule is CC(C)[Si](I)(C(C)C)[Si](I)(C(C)C)C(C)C. The molecule has 0 unspecified atom stereocenters. The number of rotatable bonds is 5. The predicted octanol–water partition coefficient (Wildman–Crippen LogP) is 6.47. The highest BCUT2D eigenvalue weighted by Gasteiger charge is 2.59. The standard InChI is InChI=1S/C12H28I2Si2/c1-9(2)15(13,10(3)4)16(14,11(5)6)12(7)8/h9-12H,1-8H3. The quantitative estimate of drug-likeness (QED) is 0.240. The topological polar surface area (TPSA) is 0 Å². The molecule has 0 aromatic carbocycles. The lowest BCUT2D eigenvalue weighted by atomic mass is 10.5. The van der Waals surface area contributed by atoms with Crippen molar-refractivity contribution in [2.45, 2.75) is 77.6 Å². The zero-order valence-electron chi connectivity index (χ0n) is 12.1. The van der Waals surface area contributed by atoms with Crippen LogP contribution in [0.1, 0.15) is 55.4 Å². The Morgan fingerprint density at radius 1 is 0.500 bits per heavy atom. The predicted molar refractivity (Wildman–Crippen MR) is 99.9 cm³/mol. The Balaban J connectivity index is 5.64. The fourth-order valence-corrected chi connectivity index (χ4v) is 42.3. The molecule has 0 aromatic rings. The molecule has 0 saturated carbocycles. The first-order chi connectivity index (χ1) is 7.02. The van der Waals surface area contributed by atoms with Crippen LogP contribution in [0.15, 0.2) is 0 Å². The van der Waals surface area contributed by atoms with Gasteiger partial charge in [-0.15, -0.1) is 43.6 Å². The molecule has 0 aliphatic rings. The van der Waals surface area contributed by atoms with E-state index in [1.807, 2.05) is 0 Å². The molecule has 0 N–H and O–H groups in total. The molecule has 0 heterocycles. The second-order valence-electron chi connectivity index (χ2n) is 6.15. The summed E-state index contributed by atoms with van der Waals surface area (Å²) in [5.41, 5.74) is 3.62. The highest BCUT2D eigenvalue weighted by Crippen LogP contribution is 2.56. The molecular weight excluding hydrogens is 454 g/mol. The molecule has 16 heavy (non-hydrogen) atoms. The summed E-state index contributed by atoms with van der Waals surface area (Å²) in [5, 5.41) is -2.38. The Bertz CT molecular complexity index is 185. The Hall–Kier alpha value is 1.89. The highest BCUT2D eigenvalue weighted by molar-refractivity contribution is 14.2. The van der Waals surface area contributed by atoms with Gasteiger partial charge in [-0.1, -0.05) is 55.4 Å². The van der Waals surface area contributed by atoms with Crippen molar-refractivity contribution >= 4 is 53.8 Å². The van der Waals surface area contributed by atoms with E-state index >= 15 is 0 Å². The van der Waals surface area contributed by atoms with Gasteiger partial charge in [0.15, 0.2) is 0 Å². The first kappa shape index (κ1) is 17.9. The minimum atomic E-state index is -1.19. The lowest BCUT2D eigenvalue weighted by molar-refractivity contribution is 0.909. The molecule has 0 aliphatic heterocycles. The third-order valence-corrected chi connectivity index (χ3v) is 62.6. The van der Waals surface area contributed by atoms with Gasteiger partial charge in [-0.25, -0.2) is 0 Å². The van der Waals surface area contributed by atoms with Crippen LogP contribution in [0.3, 0.4) is 0 Å². The maximum absolute atomic E-state index is 2.96. The molecule has 0 saturated heterocycles. The van der Waals surface area contributed by atoms with E-state index in [4.69, 9.17) is 0 Å². The van der Waals surface area contributed by atoms with Gasteiger partial charge >= 0.3 is 0 Å². The van der Waals surface area contributed by atoms with Crippen LogP contribution in [0.5, 0.6) is 0 Å². The molecule has 0 radical (unpaired) electrons. The van der Waals surface area contributed by atoms with Crippen LogP contribution in [0.4, 0.5) is 0 Å². The maximum Gasteiger partial charge on any atom is 0.135 e. The molecule has 0 aliphatic carbocycles. The van der Waals surface area contributed by atoms with Crippen LogP contribution in [0.2, 0.25) is 22.2 Å². The molecule has 0 aromatic heterocycles. The first-order valence-corrected chi connectivity index (χ1v) is 17.9. The van der Waals surface area contributed by atoms with Crippen molar-refractivity contribution in [1.29, 1.82) is 0 Å². The van der Waals surface area contributed by atoms with E-state index in [1.165, 1.54) is 0 Å². The number of halogens is 2. The fourth-order valence-electron chi connectivity index (χ4n) is 3.10. The molecule has 0 nitrogen and oxygen atoms in total. The average Bonchev–Trinajstić information content (AvgIpc) is 2.13. The molecule has 0 bridgehead atoms. The largest absolute Gasteiger partial charge is 0.135 e. The fraction of sp³-hybridized carbons (Fsp3) is 1.00. The van der Waals surface area contributed by atoms with Gasteiger partial charge in [0.2, 0.25) is 0 Å². The summed E-state index contributed by atoms with van der Waals surface area (Å²) in [5.74, 6) is 0. The van der Waals surface area contributed by atoms with E-state index in [9.17, 15) is 0 Å². The summed E-state index contributed by atoms with van der Waals surface area (Å²) in [6.45, 7) is 19.8. The molecule has 0 amide bonds. The van der Waals surface area contributed by atoms with Gasteiger partial charge in [0.05, 0.1) is 0 Å². The third-order valence-electron chi connectivity index (χ3n) is 3.95. The minimum Gasteiger partial charge on any atom is -0.121 e. The summed E-state index contributed by atoms with van der Waals surface area (Å²) < 4.78 is 0. The second kappa shape index (κ2) is 6.36. The van der Waals surface area contributed by atoms with E-state index in [0.29, 0.717) is 0 Å². The monoisotopic (exact) mass is 482 g/mol. The molecule has 0 atom stereocenters. The van der Waals surface area contributed by atoms with Crippen molar-refractivity contribution in [3.63, 3.8) is 0 Å². The summed E-state index contributed by atoms with van der Waals surface area (Å²) in [6.07, 6.45) is 0. The molecule has 0 spiro atoms. The lowest BCUT2D eigenvalue weighted by Gasteiger charge is -2.50. The van der Waals surface area contributed by atoms with Crippen LogP contribution in [0, 0.1) is 0 Å². The summed E-state index contributed by atoms with van der Waals surface area (Å²) in [4.78, 5) is 0. The molecule has 98 valence electrons.